The van der Waals surface area contributed by atoms with Crippen LogP contribution in [0.1, 0.15) is 41.7 Å². The minimum atomic E-state index is -0.143. The number of nitrogens with one attached hydrogen (secondary N) is 2. The third-order valence-electron chi connectivity index (χ3n) is 3.59. The summed E-state index contributed by atoms with van der Waals surface area (Å²) in [7, 11) is 3.37. The van der Waals surface area contributed by atoms with Gasteiger partial charge in [-0.05, 0) is 24.5 Å². The van der Waals surface area contributed by atoms with Crippen molar-refractivity contribution >= 4 is 11.9 Å². The molecule has 1 fully saturated rings. The van der Waals surface area contributed by atoms with E-state index in [2.05, 4.69) is 15.6 Å². The Balaban J connectivity index is 1.80. The number of amides is 3. The van der Waals surface area contributed by atoms with Gasteiger partial charge in [0, 0.05) is 32.9 Å². The Hall–Kier alpha value is -2.11. The van der Waals surface area contributed by atoms with Crippen LogP contribution in [0.3, 0.4) is 0 Å². The van der Waals surface area contributed by atoms with Crippen molar-refractivity contribution in [1.29, 1.82) is 0 Å². The van der Waals surface area contributed by atoms with Gasteiger partial charge in [-0.1, -0.05) is 18.9 Å². The Labute approximate surface area is 124 Å². The van der Waals surface area contributed by atoms with E-state index in [4.69, 9.17) is 0 Å². The monoisotopic (exact) mass is 290 g/mol. The largest absolute Gasteiger partial charge is 0.343 e. The Morgan fingerprint density at radius 3 is 2.57 bits per heavy atom. The van der Waals surface area contributed by atoms with Crippen LogP contribution in [-0.2, 0) is 6.54 Å². The normalized spacial score (nSPS) is 14.8. The summed E-state index contributed by atoms with van der Waals surface area (Å²) >= 11 is 0. The number of hydrogen-bond acceptors (Lipinski definition) is 3. The molecule has 0 spiro atoms. The zero-order valence-corrected chi connectivity index (χ0v) is 12.6. The average Bonchev–Trinajstić information content (AvgIpc) is 2.97. The van der Waals surface area contributed by atoms with E-state index in [0.717, 1.165) is 18.4 Å². The quantitative estimate of drug-likeness (QED) is 0.883. The van der Waals surface area contributed by atoms with E-state index in [1.807, 2.05) is 0 Å². The molecule has 0 aliphatic heterocycles. The molecule has 2 rings (SSSR count). The first-order chi connectivity index (χ1) is 10.1. The van der Waals surface area contributed by atoms with Gasteiger partial charge in [0.15, 0.2) is 0 Å². The molecular formula is C15H22N4O2. The summed E-state index contributed by atoms with van der Waals surface area (Å²) in [4.78, 5) is 29.0. The zero-order chi connectivity index (χ0) is 15.2. The van der Waals surface area contributed by atoms with Gasteiger partial charge in [-0.15, -0.1) is 0 Å². The van der Waals surface area contributed by atoms with Crippen molar-refractivity contribution in [1.82, 2.24) is 20.5 Å². The number of hydrogen-bond donors (Lipinski definition) is 2. The highest BCUT2D eigenvalue weighted by Crippen LogP contribution is 2.17. The average molecular weight is 290 g/mol. The number of rotatable bonds is 4. The molecule has 6 nitrogen and oxygen atoms in total. The van der Waals surface area contributed by atoms with Crippen molar-refractivity contribution in [3.8, 4) is 0 Å². The van der Waals surface area contributed by atoms with Crippen LogP contribution in [0.15, 0.2) is 18.3 Å². The molecule has 0 atom stereocenters. The Kier molecular flexibility index (Phi) is 5.14. The first-order valence-corrected chi connectivity index (χ1v) is 7.27. The van der Waals surface area contributed by atoms with Crippen LogP contribution in [-0.4, -0.2) is 42.0 Å². The lowest BCUT2D eigenvalue weighted by Crippen LogP contribution is -2.40. The minimum absolute atomic E-state index is 0.131. The predicted octanol–water partition coefficient (Wildman–Crippen LogP) is 1.53. The molecule has 1 heterocycles. The maximum atomic E-state index is 11.7. The molecule has 114 valence electrons. The van der Waals surface area contributed by atoms with E-state index < -0.39 is 0 Å². The Morgan fingerprint density at radius 1 is 1.29 bits per heavy atom. The van der Waals surface area contributed by atoms with Gasteiger partial charge in [0.25, 0.3) is 5.91 Å². The standard InChI is InChI=1S/C15H22N4O2/c1-19(2)14(20)13-8-7-11(9-16-13)10-17-15(21)18-12-5-3-4-6-12/h7-9,12H,3-6,10H2,1-2H3,(H2,17,18,21). The maximum Gasteiger partial charge on any atom is 0.315 e. The fourth-order valence-electron chi connectivity index (χ4n) is 2.37. The molecule has 0 unspecified atom stereocenters. The van der Waals surface area contributed by atoms with Gasteiger partial charge in [0.05, 0.1) is 0 Å². The second kappa shape index (κ2) is 7.06. The van der Waals surface area contributed by atoms with Gasteiger partial charge in [-0.25, -0.2) is 4.79 Å². The minimum Gasteiger partial charge on any atom is -0.343 e. The third-order valence-corrected chi connectivity index (χ3v) is 3.59. The van der Waals surface area contributed by atoms with E-state index in [0.29, 0.717) is 18.3 Å². The predicted molar refractivity (Wildman–Crippen MR) is 79.9 cm³/mol. The second-order valence-electron chi connectivity index (χ2n) is 5.56. The first-order valence-electron chi connectivity index (χ1n) is 7.27. The van der Waals surface area contributed by atoms with Crippen molar-refractivity contribution in [3.05, 3.63) is 29.6 Å². The van der Waals surface area contributed by atoms with Crippen molar-refractivity contribution < 1.29 is 9.59 Å². The summed E-state index contributed by atoms with van der Waals surface area (Å²) in [6, 6.07) is 3.65. The van der Waals surface area contributed by atoms with Crippen LogP contribution in [0.4, 0.5) is 4.79 Å². The van der Waals surface area contributed by atoms with Gasteiger partial charge in [-0.2, -0.15) is 0 Å². The first kappa shape index (κ1) is 15.3. The summed E-state index contributed by atoms with van der Waals surface area (Å²) in [6.07, 6.45) is 6.13. The number of carbonyl (C=O) groups excluding carboxylic acids is 2. The maximum absolute atomic E-state index is 11.7. The molecule has 0 saturated heterocycles. The topological polar surface area (TPSA) is 74.3 Å². The van der Waals surface area contributed by atoms with E-state index in [9.17, 15) is 9.59 Å². The fourth-order valence-corrected chi connectivity index (χ4v) is 2.37. The lowest BCUT2D eigenvalue weighted by Gasteiger charge is -2.13. The van der Waals surface area contributed by atoms with Gasteiger partial charge >= 0.3 is 6.03 Å². The van der Waals surface area contributed by atoms with E-state index in [1.165, 1.54) is 17.7 Å². The van der Waals surface area contributed by atoms with E-state index in [-0.39, 0.29) is 11.9 Å². The summed E-state index contributed by atoms with van der Waals surface area (Å²) < 4.78 is 0. The van der Waals surface area contributed by atoms with Crippen LogP contribution >= 0.6 is 0 Å². The molecule has 3 amide bonds. The fraction of sp³-hybridized carbons (Fsp3) is 0.533. The molecule has 1 aliphatic rings. The highest BCUT2D eigenvalue weighted by molar-refractivity contribution is 5.91. The summed E-state index contributed by atoms with van der Waals surface area (Å²) in [5.74, 6) is -0.131. The highest BCUT2D eigenvalue weighted by atomic mass is 16.2. The molecular weight excluding hydrogens is 268 g/mol. The molecule has 1 aromatic heterocycles. The molecule has 21 heavy (non-hydrogen) atoms. The zero-order valence-electron chi connectivity index (χ0n) is 12.6. The van der Waals surface area contributed by atoms with Crippen LogP contribution in [0.5, 0.6) is 0 Å². The van der Waals surface area contributed by atoms with Crippen LogP contribution in [0, 0.1) is 0 Å². The lowest BCUT2D eigenvalue weighted by molar-refractivity contribution is 0.0822. The van der Waals surface area contributed by atoms with E-state index in [1.54, 1.807) is 32.4 Å². The number of pyridine rings is 1. The van der Waals surface area contributed by atoms with Gasteiger partial charge in [0.1, 0.15) is 5.69 Å². The highest BCUT2D eigenvalue weighted by Gasteiger charge is 2.16. The molecule has 1 aromatic rings. The van der Waals surface area contributed by atoms with E-state index >= 15 is 0 Å². The van der Waals surface area contributed by atoms with Crippen LogP contribution < -0.4 is 10.6 Å². The summed E-state index contributed by atoms with van der Waals surface area (Å²) in [5.41, 5.74) is 1.27. The summed E-state index contributed by atoms with van der Waals surface area (Å²) in [6.45, 7) is 0.405. The summed E-state index contributed by atoms with van der Waals surface area (Å²) in [5, 5.41) is 5.77. The molecule has 2 N–H and O–H groups in total. The SMILES string of the molecule is CN(C)C(=O)c1ccc(CNC(=O)NC2CCCC2)cn1. The number of urea groups is 1. The van der Waals surface area contributed by atoms with Crippen molar-refractivity contribution in [2.45, 2.75) is 38.3 Å². The number of carbonyl (C=O) groups is 2. The smallest absolute Gasteiger partial charge is 0.315 e. The Bertz CT molecular complexity index is 493. The molecule has 0 aromatic carbocycles. The van der Waals surface area contributed by atoms with Crippen LogP contribution in [0.25, 0.3) is 0 Å². The molecule has 1 saturated carbocycles. The van der Waals surface area contributed by atoms with Gasteiger partial charge < -0.3 is 15.5 Å². The van der Waals surface area contributed by atoms with Crippen molar-refractivity contribution in [3.63, 3.8) is 0 Å². The van der Waals surface area contributed by atoms with Crippen molar-refractivity contribution in [2.75, 3.05) is 14.1 Å². The molecule has 6 heteroatoms. The second-order valence-corrected chi connectivity index (χ2v) is 5.56. The molecule has 0 bridgehead atoms. The van der Waals surface area contributed by atoms with Gasteiger partial charge in [0.2, 0.25) is 0 Å². The Morgan fingerprint density at radius 2 is 2.00 bits per heavy atom. The third kappa shape index (κ3) is 4.44. The lowest BCUT2D eigenvalue weighted by atomic mass is 10.2. The van der Waals surface area contributed by atoms with Crippen LogP contribution in [0.2, 0.25) is 0 Å². The number of nitrogens with zero attached hydrogens (tertiary/aromatic N) is 2. The molecule has 1 aliphatic carbocycles. The number of aromatic nitrogens is 1. The molecule has 0 radical (unpaired) electrons. The van der Waals surface area contributed by atoms with Crippen molar-refractivity contribution in [2.24, 2.45) is 0 Å². The van der Waals surface area contributed by atoms with Gasteiger partial charge in [-0.3, -0.25) is 9.78 Å².